The number of hydrogen-bond acceptors (Lipinski definition) is 4. The van der Waals surface area contributed by atoms with Crippen molar-refractivity contribution < 1.29 is 23.1 Å². The van der Waals surface area contributed by atoms with Crippen LogP contribution in [0.25, 0.3) is 0 Å². The number of likely N-dealkylation sites (tertiary alicyclic amines) is 1. The van der Waals surface area contributed by atoms with Gasteiger partial charge in [-0.3, -0.25) is 4.79 Å². The Hall–Kier alpha value is -1.70. The van der Waals surface area contributed by atoms with Gasteiger partial charge >= 0.3 is 6.18 Å². The zero-order valence-electron chi connectivity index (χ0n) is 16.1. The third-order valence-corrected chi connectivity index (χ3v) is 6.74. The molecule has 0 bridgehead atoms. The van der Waals surface area contributed by atoms with Gasteiger partial charge in [-0.25, -0.2) is 9.97 Å². The molecule has 1 amide bonds. The van der Waals surface area contributed by atoms with Gasteiger partial charge in [0.25, 0.3) is 0 Å². The molecular formula is C20H26F3N3O2. The Labute approximate surface area is 162 Å². The molecule has 0 spiro atoms. The van der Waals surface area contributed by atoms with Crippen molar-refractivity contribution in [2.75, 3.05) is 13.1 Å². The Morgan fingerprint density at radius 2 is 2.00 bits per heavy atom. The number of carbonyl (C=O) groups excluding carboxylic acids is 1. The first kappa shape index (κ1) is 19.6. The third kappa shape index (κ3) is 3.51. The van der Waals surface area contributed by atoms with Crippen molar-refractivity contribution in [2.45, 2.75) is 70.1 Å². The number of rotatable bonds is 1. The van der Waals surface area contributed by atoms with Crippen LogP contribution in [0.3, 0.4) is 0 Å². The monoisotopic (exact) mass is 397 g/mol. The number of amides is 1. The first-order chi connectivity index (χ1) is 13.2. The Morgan fingerprint density at radius 3 is 2.75 bits per heavy atom. The highest BCUT2D eigenvalue weighted by atomic mass is 19.4. The number of carbonyl (C=O) groups is 1. The van der Waals surface area contributed by atoms with Crippen molar-refractivity contribution in [1.29, 1.82) is 0 Å². The van der Waals surface area contributed by atoms with Crippen molar-refractivity contribution >= 4 is 5.91 Å². The van der Waals surface area contributed by atoms with Gasteiger partial charge < -0.3 is 10.0 Å². The molecule has 28 heavy (non-hydrogen) atoms. The predicted octanol–water partition coefficient (Wildman–Crippen LogP) is 3.06. The van der Waals surface area contributed by atoms with E-state index in [4.69, 9.17) is 0 Å². The second-order valence-corrected chi connectivity index (χ2v) is 8.56. The van der Waals surface area contributed by atoms with E-state index in [-0.39, 0.29) is 29.6 Å². The van der Waals surface area contributed by atoms with Gasteiger partial charge in [-0.05, 0) is 45.4 Å². The summed E-state index contributed by atoms with van der Waals surface area (Å²) in [6, 6.07) is 0. The number of aryl methyl sites for hydroxylation is 2. The average molecular weight is 397 g/mol. The summed E-state index contributed by atoms with van der Waals surface area (Å²) in [5, 5.41) is 10.8. The molecule has 3 atom stereocenters. The Bertz CT molecular complexity index is 783. The van der Waals surface area contributed by atoms with Gasteiger partial charge in [0.1, 0.15) is 5.82 Å². The molecule has 154 valence electrons. The number of piperidine rings is 1. The van der Waals surface area contributed by atoms with Gasteiger partial charge in [-0.1, -0.05) is 12.8 Å². The first-order valence-electron chi connectivity index (χ1n) is 10.1. The van der Waals surface area contributed by atoms with E-state index in [1.165, 1.54) is 6.92 Å². The normalized spacial score (nSPS) is 30.5. The van der Waals surface area contributed by atoms with Crippen LogP contribution in [0.15, 0.2) is 0 Å². The molecule has 0 aromatic carbocycles. The fraction of sp³-hybridized carbons (Fsp3) is 0.750. The summed E-state index contributed by atoms with van der Waals surface area (Å²) in [4.78, 5) is 22.7. The van der Waals surface area contributed by atoms with Gasteiger partial charge in [-0.15, -0.1) is 0 Å². The summed E-state index contributed by atoms with van der Waals surface area (Å²) in [6.45, 7) is 2.45. The van der Waals surface area contributed by atoms with Crippen molar-refractivity contribution in [2.24, 2.45) is 11.8 Å². The van der Waals surface area contributed by atoms with Crippen molar-refractivity contribution in [3.05, 3.63) is 22.8 Å². The molecular weight excluding hydrogens is 371 g/mol. The van der Waals surface area contributed by atoms with E-state index >= 15 is 0 Å². The molecule has 0 unspecified atom stereocenters. The summed E-state index contributed by atoms with van der Waals surface area (Å²) < 4.78 is 40.4. The molecule has 1 aliphatic heterocycles. The lowest BCUT2D eigenvalue weighted by Crippen LogP contribution is -2.55. The molecule has 1 aromatic rings. The van der Waals surface area contributed by atoms with E-state index in [1.807, 2.05) is 0 Å². The summed E-state index contributed by atoms with van der Waals surface area (Å²) >= 11 is 0. The molecule has 0 radical (unpaired) electrons. The van der Waals surface area contributed by atoms with E-state index in [9.17, 15) is 23.1 Å². The maximum atomic E-state index is 13.5. The molecule has 2 heterocycles. The van der Waals surface area contributed by atoms with Crippen LogP contribution in [0.2, 0.25) is 0 Å². The summed E-state index contributed by atoms with van der Waals surface area (Å²) in [5.41, 5.74) is -1.07. The van der Waals surface area contributed by atoms with Crippen LogP contribution in [0.5, 0.6) is 0 Å². The van der Waals surface area contributed by atoms with Gasteiger partial charge in [0.15, 0.2) is 5.69 Å². The van der Waals surface area contributed by atoms with Crippen LogP contribution < -0.4 is 0 Å². The fourth-order valence-electron chi connectivity index (χ4n) is 5.21. The zero-order chi connectivity index (χ0) is 20.1. The maximum Gasteiger partial charge on any atom is 0.433 e. The third-order valence-electron chi connectivity index (χ3n) is 6.74. The molecule has 8 heteroatoms. The SMILES string of the molecule is Cc1nc2c(c(C(F)(F)F)n1)C[C@H](C(=O)N1CC[C@@]3(O)CCCC[C@@H]3C1)CC2. The molecule has 1 saturated carbocycles. The summed E-state index contributed by atoms with van der Waals surface area (Å²) in [6.07, 6.45) is 0.660. The van der Waals surface area contributed by atoms with E-state index in [2.05, 4.69) is 9.97 Å². The average Bonchev–Trinajstić information content (AvgIpc) is 2.65. The van der Waals surface area contributed by atoms with Crippen LogP contribution in [-0.4, -0.2) is 44.6 Å². The lowest BCUT2D eigenvalue weighted by Gasteiger charge is -2.48. The summed E-state index contributed by atoms with van der Waals surface area (Å²) in [5.74, 6) is -0.378. The molecule has 5 nitrogen and oxygen atoms in total. The fourth-order valence-corrected chi connectivity index (χ4v) is 5.21. The van der Waals surface area contributed by atoms with Gasteiger partial charge in [0, 0.05) is 36.2 Å². The van der Waals surface area contributed by atoms with Crippen LogP contribution in [0.1, 0.15) is 61.3 Å². The number of alkyl halides is 3. The quantitative estimate of drug-likeness (QED) is 0.791. The number of nitrogens with zero attached hydrogens (tertiary/aromatic N) is 3. The molecule has 1 aromatic heterocycles. The number of aromatic nitrogens is 2. The van der Waals surface area contributed by atoms with Crippen LogP contribution in [0.4, 0.5) is 13.2 Å². The minimum absolute atomic E-state index is 0.0364. The second kappa shape index (κ2) is 6.97. The van der Waals surface area contributed by atoms with E-state index < -0.39 is 23.4 Å². The van der Waals surface area contributed by atoms with Gasteiger partial charge in [0.05, 0.1) is 5.60 Å². The number of hydrogen-bond donors (Lipinski definition) is 1. The Balaban J connectivity index is 1.52. The maximum absolute atomic E-state index is 13.5. The van der Waals surface area contributed by atoms with Crippen molar-refractivity contribution in [3.63, 3.8) is 0 Å². The predicted molar refractivity (Wildman–Crippen MR) is 95.4 cm³/mol. The standard InChI is InChI=1S/C20H26F3N3O2/c1-12-24-16-6-5-13(10-15(16)17(25-12)20(21,22)23)18(27)26-9-8-19(28)7-3-2-4-14(19)11-26/h13-14,28H,2-11H2,1H3/t13-,14-,19+/m1/s1. The van der Waals surface area contributed by atoms with Gasteiger partial charge in [-0.2, -0.15) is 13.2 Å². The Kier molecular flexibility index (Phi) is 4.88. The zero-order valence-corrected chi connectivity index (χ0v) is 16.1. The second-order valence-electron chi connectivity index (χ2n) is 8.56. The first-order valence-corrected chi connectivity index (χ1v) is 10.1. The molecule has 2 aliphatic carbocycles. The Morgan fingerprint density at radius 1 is 1.21 bits per heavy atom. The smallest absolute Gasteiger partial charge is 0.389 e. The molecule has 1 saturated heterocycles. The number of halogens is 3. The molecule has 3 aliphatic rings. The highest BCUT2D eigenvalue weighted by molar-refractivity contribution is 5.79. The largest absolute Gasteiger partial charge is 0.433 e. The highest BCUT2D eigenvalue weighted by Crippen LogP contribution is 2.41. The van der Waals surface area contributed by atoms with Crippen LogP contribution in [0, 0.1) is 18.8 Å². The van der Waals surface area contributed by atoms with Crippen molar-refractivity contribution in [1.82, 2.24) is 14.9 Å². The van der Waals surface area contributed by atoms with Gasteiger partial charge in [0.2, 0.25) is 5.91 Å². The number of fused-ring (bicyclic) bond motifs is 2. The summed E-state index contributed by atoms with van der Waals surface area (Å²) in [7, 11) is 0. The van der Waals surface area contributed by atoms with Crippen molar-refractivity contribution in [3.8, 4) is 0 Å². The highest BCUT2D eigenvalue weighted by Gasteiger charge is 2.45. The topological polar surface area (TPSA) is 66.3 Å². The lowest BCUT2D eigenvalue weighted by molar-refractivity contribution is -0.149. The van der Waals surface area contributed by atoms with Crippen LogP contribution in [-0.2, 0) is 23.8 Å². The number of aliphatic hydroxyl groups is 1. The van der Waals surface area contributed by atoms with E-state index in [1.54, 1.807) is 4.90 Å². The minimum atomic E-state index is -4.55. The van der Waals surface area contributed by atoms with Crippen LogP contribution >= 0.6 is 0 Å². The van der Waals surface area contributed by atoms with E-state index in [0.717, 1.165) is 25.7 Å². The molecule has 4 rings (SSSR count). The molecule has 1 N–H and O–H groups in total. The minimum Gasteiger partial charge on any atom is -0.389 e. The molecule has 2 fully saturated rings. The lowest BCUT2D eigenvalue weighted by atomic mass is 9.71. The van der Waals surface area contributed by atoms with E-state index in [0.29, 0.717) is 38.0 Å².